The van der Waals surface area contributed by atoms with Crippen LogP contribution in [0.15, 0.2) is 36.4 Å². The Morgan fingerprint density at radius 3 is 2.70 bits per heavy atom. The van der Waals surface area contributed by atoms with Gasteiger partial charge in [-0.05, 0) is 17.9 Å². The van der Waals surface area contributed by atoms with Gasteiger partial charge in [0.25, 0.3) is 0 Å². The average molecular weight is 269 g/mol. The van der Waals surface area contributed by atoms with Gasteiger partial charge in [0, 0.05) is 18.4 Å². The van der Waals surface area contributed by atoms with Crippen LogP contribution in [-0.2, 0) is 9.59 Å². The molecule has 2 aromatic rings. The number of aryl methyl sites for hydroxylation is 1. The van der Waals surface area contributed by atoms with Crippen LogP contribution in [0, 0.1) is 12.8 Å². The third kappa shape index (κ3) is 1.93. The molecule has 0 radical (unpaired) electrons. The number of hydrogen-bond donors (Lipinski definition) is 1. The molecule has 20 heavy (non-hydrogen) atoms. The zero-order valence-electron chi connectivity index (χ0n) is 11.2. The van der Waals surface area contributed by atoms with Crippen LogP contribution in [0.3, 0.4) is 0 Å². The quantitative estimate of drug-likeness (QED) is 0.911. The van der Waals surface area contributed by atoms with Crippen molar-refractivity contribution < 1.29 is 14.7 Å². The maximum Gasteiger partial charge on any atom is 0.308 e. The molecule has 1 heterocycles. The first kappa shape index (κ1) is 12.7. The molecule has 0 saturated carbocycles. The van der Waals surface area contributed by atoms with E-state index in [1.807, 2.05) is 43.3 Å². The molecule has 1 saturated heterocycles. The lowest BCUT2D eigenvalue weighted by Gasteiger charge is -2.21. The number of carboxylic acid groups (broad SMARTS) is 1. The summed E-state index contributed by atoms with van der Waals surface area (Å²) in [5.74, 6) is -1.63. The molecule has 0 aromatic heterocycles. The summed E-state index contributed by atoms with van der Waals surface area (Å²) in [7, 11) is 0. The van der Waals surface area contributed by atoms with E-state index in [1.54, 1.807) is 4.90 Å². The predicted molar refractivity (Wildman–Crippen MR) is 76.8 cm³/mol. The molecule has 4 nitrogen and oxygen atoms in total. The van der Waals surface area contributed by atoms with Crippen LogP contribution in [0.1, 0.15) is 12.0 Å². The number of carboxylic acids is 1. The minimum atomic E-state index is -0.904. The van der Waals surface area contributed by atoms with E-state index in [1.165, 1.54) is 0 Å². The van der Waals surface area contributed by atoms with E-state index in [2.05, 4.69) is 0 Å². The summed E-state index contributed by atoms with van der Waals surface area (Å²) in [6.45, 7) is 2.20. The molecule has 3 rings (SSSR count). The maximum absolute atomic E-state index is 12.1. The van der Waals surface area contributed by atoms with Crippen molar-refractivity contribution in [2.45, 2.75) is 13.3 Å². The van der Waals surface area contributed by atoms with E-state index in [0.717, 1.165) is 22.0 Å². The van der Waals surface area contributed by atoms with Gasteiger partial charge in [-0.2, -0.15) is 0 Å². The molecule has 1 aliphatic heterocycles. The number of anilines is 1. The lowest BCUT2D eigenvalue weighted by molar-refractivity contribution is -0.141. The first-order valence-electron chi connectivity index (χ1n) is 6.59. The van der Waals surface area contributed by atoms with Gasteiger partial charge in [-0.3, -0.25) is 9.59 Å². The van der Waals surface area contributed by atoms with Gasteiger partial charge in [0.2, 0.25) is 5.91 Å². The standard InChI is InChI=1S/C16H15NO3/c1-10-6-7-11-4-2-3-5-13(11)15(10)17-9-12(16(19)20)8-14(17)18/h2-7,12H,8-9H2,1H3,(H,19,20). The molecule has 1 atom stereocenters. The van der Waals surface area contributed by atoms with E-state index in [0.29, 0.717) is 0 Å². The number of hydrogen-bond acceptors (Lipinski definition) is 2. The van der Waals surface area contributed by atoms with Crippen molar-refractivity contribution in [3.8, 4) is 0 Å². The molecule has 0 bridgehead atoms. The lowest BCUT2D eigenvalue weighted by Crippen LogP contribution is -2.26. The maximum atomic E-state index is 12.1. The SMILES string of the molecule is Cc1ccc2ccccc2c1N1CC(C(=O)O)CC1=O. The Balaban J connectivity index is 2.13. The normalized spacial score (nSPS) is 18.8. The Hall–Kier alpha value is -2.36. The largest absolute Gasteiger partial charge is 0.481 e. The minimum absolute atomic E-state index is 0.0813. The second-order valence-corrected chi connectivity index (χ2v) is 5.20. The Morgan fingerprint density at radius 2 is 2.00 bits per heavy atom. The number of carbonyl (C=O) groups excluding carboxylic acids is 1. The molecule has 1 aliphatic rings. The summed E-state index contributed by atoms with van der Waals surface area (Å²) in [5, 5.41) is 11.1. The smallest absolute Gasteiger partial charge is 0.308 e. The fourth-order valence-electron chi connectivity index (χ4n) is 2.81. The van der Waals surface area contributed by atoms with Crippen molar-refractivity contribution in [1.29, 1.82) is 0 Å². The van der Waals surface area contributed by atoms with Gasteiger partial charge in [-0.15, -0.1) is 0 Å². The Morgan fingerprint density at radius 1 is 1.25 bits per heavy atom. The monoisotopic (exact) mass is 269 g/mol. The van der Waals surface area contributed by atoms with Crippen molar-refractivity contribution >= 4 is 28.3 Å². The predicted octanol–water partition coefficient (Wildman–Crippen LogP) is 2.59. The molecular weight excluding hydrogens is 254 g/mol. The van der Waals surface area contributed by atoms with Crippen LogP contribution in [0.4, 0.5) is 5.69 Å². The molecule has 1 unspecified atom stereocenters. The molecule has 1 amide bonds. The van der Waals surface area contributed by atoms with E-state index >= 15 is 0 Å². The highest BCUT2D eigenvalue weighted by Crippen LogP contribution is 2.34. The molecule has 1 fully saturated rings. The van der Waals surface area contributed by atoms with Gasteiger partial charge in [0.05, 0.1) is 11.6 Å². The van der Waals surface area contributed by atoms with Crippen molar-refractivity contribution in [2.75, 3.05) is 11.4 Å². The lowest BCUT2D eigenvalue weighted by atomic mass is 10.0. The Labute approximate surface area is 116 Å². The van der Waals surface area contributed by atoms with E-state index in [-0.39, 0.29) is 18.9 Å². The van der Waals surface area contributed by atoms with E-state index in [4.69, 9.17) is 5.11 Å². The van der Waals surface area contributed by atoms with Crippen molar-refractivity contribution in [1.82, 2.24) is 0 Å². The van der Waals surface area contributed by atoms with Crippen molar-refractivity contribution in [3.05, 3.63) is 42.0 Å². The number of nitrogens with zero attached hydrogens (tertiary/aromatic N) is 1. The van der Waals surface area contributed by atoms with Crippen molar-refractivity contribution in [2.24, 2.45) is 5.92 Å². The highest BCUT2D eigenvalue weighted by Gasteiger charge is 2.36. The summed E-state index contributed by atoms with van der Waals surface area (Å²) in [5.41, 5.74) is 1.83. The summed E-state index contributed by atoms with van der Waals surface area (Å²) >= 11 is 0. The minimum Gasteiger partial charge on any atom is -0.481 e. The number of amides is 1. The first-order valence-corrected chi connectivity index (χ1v) is 6.59. The van der Waals surface area contributed by atoms with Gasteiger partial charge >= 0.3 is 5.97 Å². The average Bonchev–Trinajstić information content (AvgIpc) is 2.81. The number of carbonyl (C=O) groups is 2. The van der Waals surface area contributed by atoms with Crippen LogP contribution < -0.4 is 4.90 Å². The van der Waals surface area contributed by atoms with Gasteiger partial charge < -0.3 is 10.0 Å². The van der Waals surface area contributed by atoms with Gasteiger partial charge in [0.1, 0.15) is 0 Å². The zero-order valence-corrected chi connectivity index (χ0v) is 11.2. The molecule has 2 aromatic carbocycles. The van der Waals surface area contributed by atoms with E-state index in [9.17, 15) is 9.59 Å². The second kappa shape index (κ2) is 4.63. The van der Waals surface area contributed by atoms with Crippen LogP contribution in [0.2, 0.25) is 0 Å². The summed E-state index contributed by atoms with van der Waals surface area (Å²) in [6, 6.07) is 11.8. The first-order chi connectivity index (χ1) is 9.58. The van der Waals surface area contributed by atoms with Crippen LogP contribution in [0.5, 0.6) is 0 Å². The van der Waals surface area contributed by atoms with Crippen LogP contribution in [-0.4, -0.2) is 23.5 Å². The highest BCUT2D eigenvalue weighted by atomic mass is 16.4. The summed E-state index contributed by atoms with van der Waals surface area (Å²) in [6.07, 6.45) is 0.0813. The zero-order chi connectivity index (χ0) is 14.3. The Kier molecular flexibility index (Phi) is 2.93. The molecular formula is C16H15NO3. The third-order valence-corrected chi connectivity index (χ3v) is 3.85. The highest BCUT2D eigenvalue weighted by molar-refractivity contribution is 6.07. The summed E-state index contributed by atoms with van der Waals surface area (Å²) in [4.78, 5) is 24.9. The topological polar surface area (TPSA) is 57.6 Å². The number of fused-ring (bicyclic) bond motifs is 1. The number of rotatable bonds is 2. The second-order valence-electron chi connectivity index (χ2n) is 5.20. The fraction of sp³-hybridized carbons (Fsp3) is 0.250. The number of benzene rings is 2. The Bertz CT molecular complexity index is 708. The third-order valence-electron chi connectivity index (χ3n) is 3.85. The van der Waals surface area contributed by atoms with Crippen LogP contribution >= 0.6 is 0 Å². The molecule has 102 valence electrons. The van der Waals surface area contributed by atoms with Gasteiger partial charge in [-0.25, -0.2) is 0 Å². The van der Waals surface area contributed by atoms with Gasteiger partial charge in [-0.1, -0.05) is 36.4 Å². The fourth-order valence-corrected chi connectivity index (χ4v) is 2.81. The molecule has 1 N–H and O–H groups in total. The van der Waals surface area contributed by atoms with Crippen molar-refractivity contribution in [3.63, 3.8) is 0 Å². The summed E-state index contributed by atoms with van der Waals surface area (Å²) < 4.78 is 0. The molecule has 4 heteroatoms. The van der Waals surface area contributed by atoms with Crippen LogP contribution in [0.25, 0.3) is 10.8 Å². The number of aliphatic carboxylic acids is 1. The van der Waals surface area contributed by atoms with Gasteiger partial charge in [0.15, 0.2) is 0 Å². The van der Waals surface area contributed by atoms with E-state index < -0.39 is 11.9 Å². The molecule has 0 spiro atoms. The molecule has 0 aliphatic carbocycles.